The number of aliphatic hydroxyl groups excluding tert-OH is 1. The van der Waals surface area contributed by atoms with Gasteiger partial charge in [0.1, 0.15) is 0 Å². The van der Waals surface area contributed by atoms with E-state index in [9.17, 15) is 4.79 Å². The monoisotopic (exact) mass is 145 g/mol. The lowest BCUT2D eigenvalue weighted by Crippen LogP contribution is -2.41. The summed E-state index contributed by atoms with van der Waals surface area (Å²) in [5.41, 5.74) is 4.86. The Bertz CT molecular complexity index is 126. The number of carbonyl (C=O) groups is 1. The molecule has 1 atom stereocenters. The summed E-state index contributed by atoms with van der Waals surface area (Å²) in [6, 6.07) is -0.722. The largest absolute Gasteiger partial charge is 0.394 e. The minimum atomic E-state index is -0.722. The maximum absolute atomic E-state index is 11.1. The molecule has 0 rings (SSSR count). The molecule has 0 aromatic heterocycles. The van der Waals surface area contributed by atoms with Gasteiger partial charge in [0.25, 0.3) is 0 Å². The van der Waals surface area contributed by atoms with Crippen LogP contribution in [0.5, 0.6) is 0 Å². The van der Waals surface area contributed by atoms with E-state index in [1.165, 1.54) is 0 Å². The Labute approximate surface area is 61.2 Å². The van der Waals surface area contributed by atoms with Crippen LogP contribution in [0.1, 0.15) is 20.8 Å². The van der Waals surface area contributed by atoms with E-state index < -0.39 is 11.5 Å². The number of carbonyl (C=O) groups excluding carboxylic acids is 1. The first kappa shape index (κ1) is 9.59. The zero-order valence-corrected chi connectivity index (χ0v) is 6.72. The molecule has 60 valence electrons. The fourth-order valence-electron chi connectivity index (χ4n) is 0.639. The van der Waals surface area contributed by atoms with Gasteiger partial charge in [-0.05, 0) is 0 Å². The molecule has 10 heavy (non-hydrogen) atoms. The van der Waals surface area contributed by atoms with E-state index in [-0.39, 0.29) is 12.4 Å². The second kappa shape index (κ2) is 3.12. The molecule has 3 N–H and O–H groups in total. The summed E-state index contributed by atoms with van der Waals surface area (Å²) >= 11 is 0. The van der Waals surface area contributed by atoms with E-state index in [4.69, 9.17) is 10.8 Å². The Kier molecular flexibility index (Phi) is 2.99. The van der Waals surface area contributed by atoms with Gasteiger partial charge < -0.3 is 10.8 Å². The number of nitrogens with two attached hydrogens (primary N) is 1. The summed E-state index contributed by atoms with van der Waals surface area (Å²) in [7, 11) is 0. The van der Waals surface area contributed by atoms with Crippen LogP contribution in [-0.4, -0.2) is 23.5 Å². The Morgan fingerprint density at radius 1 is 1.60 bits per heavy atom. The van der Waals surface area contributed by atoms with Crippen molar-refractivity contribution in [1.82, 2.24) is 0 Å². The first-order valence-electron chi connectivity index (χ1n) is 3.30. The van der Waals surface area contributed by atoms with Gasteiger partial charge in [-0.1, -0.05) is 20.8 Å². The van der Waals surface area contributed by atoms with Crippen molar-refractivity contribution in [2.24, 2.45) is 11.1 Å². The van der Waals surface area contributed by atoms with E-state index in [0.717, 1.165) is 0 Å². The highest BCUT2D eigenvalue weighted by Crippen LogP contribution is 2.15. The van der Waals surface area contributed by atoms with Crippen LogP contribution in [-0.2, 0) is 4.79 Å². The maximum atomic E-state index is 11.1. The molecule has 0 bridgehead atoms. The predicted molar refractivity (Wildman–Crippen MR) is 39.5 cm³/mol. The smallest absolute Gasteiger partial charge is 0.157 e. The van der Waals surface area contributed by atoms with Gasteiger partial charge in [0.2, 0.25) is 0 Å². The Morgan fingerprint density at radius 2 is 2.00 bits per heavy atom. The molecule has 0 amide bonds. The molecule has 0 aliphatic heterocycles. The zero-order valence-electron chi connectivity index (χ0n) is 6.72. The molecule has 0 unspecified atom stereocenters. The molecule has 0 radical (unpaired) electrons. The van der Waals surface area contributed by atoms with Gasteiger partial charge in [0.05, 0.1) is 12.6 Å². The van der Waals surface area contributed by atoms with Crippen LogP contribution >= 0.6 is 0 Å². The van der Waals surface area contributed by atoms with Gasteiger partial charge in [-0.25, -0.2) is 0 Å². The number of ketones is 1. The Morgan fingerprint density at radius 3 is 2.10 bits per heavy atom. The summed E-state index contributed by atoms with van der Waals surface area (Å²) in [6.45, 7) is 5.08. The minimum absolute atomic E-state index is 0.102. The highest BCUT2D eigenvalue weighted by atomic mass is 16.3. The highest BCUT2D eigenvalue weighted by molar-refractivity contribution is 5.88. The summed E-state index contributed by atoms with van der Waals surface area (Å²) in [4.78, 5) is 11.1. The maximum Gasteiger partial charge on any atom is 0.157 e. The van der Waals surface area contributed by atoms with E-state index in [1.54, 1.807) is 20.8 Å². The third-order valence-corrected chi connectivity index (χ3v) is 1.27. The molecule has 0 heterocycles. The summed E-state index contributed by atoms with van der Waals surface area (Å²) < 4.78 is 0. The second-order valence-corrected chi connectivity index (χ2v) is 3.40. The number of Topliss-reactive ketones (excluding diaryl/α,β-unsaturated/α-hetero) is 1. The van der Waals surface area contributed by atoms with E-state index >= 15 is 0 Å². The van der Waals surface area contributed by atoms with Crippen molar-refractivity contribution >= 4 is 5.78 Å². The Balaban J connectivity index is 4.09. The molecule has 0 aliphatic carbocycles. The average Bonchev–Trinajstić information content (AvgIpc) is 1.83. The van der Waals surface area contributed by atoms with Gasteiger partial charge in [-0.2, -0.15) is 0 Å². The van der Waals surface area contributed by atoms with Crippen LogP contribution in [0.4, 0.5) is 0 Å². The van der Waals surface area contributed by atoms with Crippen molar-refractivity contribution < 1.29 is 9.90 Å². The quantitative estimate of drug-likeness (QED) is 0.571. The van der Waals surface area contributed by atoms with E-state index in [2.05, 4.69) is 0 Å². The van der Waals surface area contributed by atoms with Gasteiger partial charge in [0, 0.05) is 5.41 Å². The highest BCUT2D eigenvalue weighted by Gasteiger charge is 2.26. The topological polar surface area (TPSA) is 63.3 Å². The fourth-order valence-corrected chi connectivity index (χ4v) is 0.639. The van der Waals surface area contributed by atoms with E-state index in [1.807, 2.05) is 0 Å². The van der Waals surface area contributed by atoms with Crippen LogP contribution in [0.25, 0.3) is 0 Å². The summed E-state index contributed by atoms with van der Waals surface area (Å²) in [5.74, 6) is -0.102. The van der Waals surface area contributed by atoms with Crippen molar-refractivity contribution in [3.8, 4) is 0 Å². The second-order valence-electron chi connectivity index (χ2n) is 3.40. The normalized spacial score (nSPS) is 14.9. The van der Waals surface area contributed by atoms with Gasteiger partial charge in [0.15, 0.2) is 5.78 Å². The van der Waals surface area contributed by atoms with Gasteiger partial charge >= 0.3 is 0 Å². The molecule has 3 nitrogen and oxygen atoms in total. The average molecular weight is 145 g/mol. The molecule has 0 aliphatic rings. The molecule has 3 heteroatoms. The van der Waals surface area contributed by atoms with Crippen molar-refractivity contribution in [3.05, 3.63) is 0 Å². The SMILES string of the molecule is CC(C)(C)C(=O)[C@@H](N)CO. The van der Waals surface area contributed by atoms with Crippen LogP contribution < -0.4 is 5.73 Å². The lowest BCUT2D eigenvalue weighted by Gasteiger charge is -2.19. The lowest BCUT2D eigenvalue weighted by molar-refractivity contribution is -0.128. The fraction of sp³-hybridized carbons (Fsp3) is 0.857. The van der Waals surface area contributed by atoms with Crippen LogP contribution in [0.3, 0.4) is 0 Å². The number of rotatable bonds is 2. The molecular formula is C7H15NO2. The van der Waals surface area contributed by atoms with Gasteiger partial charge in [-0.15, -0.1) is 0 Å². The van der Waals surface area contributed by atoms with Crippen molar-refractivity contribution in [2.75, 3.05) is 6.61 Å². The van der Waals surface area contributed by atoms with Gasteiger partial charge in [-0.3, -0.25) is 4.79 Å². The van der Waals surface area contributed by atoms with E-state index in [0.29, 0.717) is 0 Å². The minimum Gasteiger partial charge on any atom is -0.394 e. The molecule has 0 spiro atoms. The molecule has 0 aromatic carbocycles. The Hall–Kier alpha value is -0.410. The molecular weight excluding hydrogens is 130 g/mol. The number of hydrogen-bond donors (Lipinski definition) is 2. The molecule has 0 saturated carbocycles. The predicted octanol–water partition coefficient (Wildman–Crippen LogP) is -0.0788. The summed E-state index contributed by atoms with van der Waals surface area (Å²) in [5, 5.41) is 8.52. The van der Waals surface area contributed by atoms with Crippen molar-refractivity contribution in [1.29, 1.82) is 0 Å². The number of aliphatic hydroxyl groups is 1. The first-order valence-corrected chi connectivity index (χ1v) is 3.30. The van der Waals surface area contributed by atoms with Crippen LogP contribution in [0, 0.1) is 5.41 Å². The zero-order chi connectivity index (χ0) is 8.36. The molecule has 0 fully saturated rings. The lowest BCUT2D eigenvalue weighted by atomic mass is 9.87. The standard InChI is InChI=1S/C7H15NO2/c1-7(2,3)6(10)5(8)4-9/h5,9H,4,8H2,1-3H3/t5-/m0/s1. The third kappa shape index (κ3) is 2.45. The molecule has 0 aromatic rings. The molecule has 0 saturated heterocycles. The van der Waals surface area contributed by atoms with Crippen LogP contribution in [0.2, 0.25) is 0 Å². The first-order chi connectivity index (χ1) is 4.39. The number of hydrogen-bond acceptors (Lipinski definition) is 3. The van der Waals surface area contributed by atoms with Crippen LogP contribution in [0.15, 0.2) is 0 Å². The summed E-state index contributed by atoms with van der Waals surface area (Å²) in [6.07, 6.45) is 0. The van der Waals surface area contributed by atoms with Crippen molar-refractivity contribution in [2.45, 2.75) is 26.8 Å². The third-order valence-electron chi connectivity index (χ3n) is 1.27. The van der Waals surface area contributed by atoms with Crippen molar-refractivity contribution in [3.63, 3.8) is 0 Å².